The second-order valence-corrected chi connectivity index (χ2v) is 12.4. The predicted molar refractivity (Wildman–Crippen MR) is 170 cm³/mol. The van der Waals surface area contributed by atoms with Crippen molar-refractivity contribution in [3.8, 4) is 22.8 Å². The Kier molecular flexibility index (Phi) is 8.44. The van der Waals surface area contributed by atoms with Gasteiger partial charge in [0.05, 0.1) is 23.2 Å². The highest BCUT2D eigenvalue weighted by molar-refractivity contribution is 6.08. The second kappa shape index (κ2) is 12.4. The van der Waals surface area contributed by atoms with Crippen LogP contribution < -0.4 is 9.47 Å². The summed E-state index contributed by atoms with van der Waals surface area (Å²) in [7, 11) is 0. The third kappa shape index (κ3) is 6.95. The van der Waals surface area contributed by atoms with E-state index in [1.54, 1.807) is 30.5 Å². The molecule has 1 N–H and O–H groups in total. The fraction of sp³-hybridized carbons (Fsp3) is 0.306. The molecule has 11 heteroatoms. The number of alkyl halides is 3. The van der Waals surface area contributed by atoms with Gasteiger partial charge >= 0.3 is 12.3 Å². The Hall–Kier alpha value is -4.90. The van der Waals surface area contributed by atoms with Crippen LogP contribution in [0, 0.1) is 6.92 Å². The topological polar surface area (TPSA) is 100 Å². The highest BCUT2D eigenvalue weighted by Gasteiger charge is 2.33. The normalized spacial score (nSPS) is 15.5. The number of halogens is 3. The smallest absolute Gasteiger partial charge is 0.493 e. The minimum Gasteiger partial charge on any atom is -0.493 e. The van der Waals surface area contributed by atoms with Crippen LogP contribution in [0.2, 0.25) is 0 Å². The number of fused-ring (bicyclic) bond motifs is 1. The molecule has 0 amide bonds. The van der Waals surface area contributed by atoms with Crippen LogP contribution in [0.15, 0.2) is 78.2 Å². The van der Waals surface area contributed by atoms with Crippen LogP contribution >= 0.6 is 0 Å². The monoisotopic (exact) mass is 646 g/mol. The number of ether oxygens (including phenoxy) is 4. The molecule has 0 radical (unpaired) electrons. The molecule has 1 atom stereocenters. The largest absolute Gasteiger partial charge is 0.572 e. The Balaban J connectivity index is 1.46. The first-order valence-corrected chi connectivity index (χ1v) is 15.1. The fourth-order valence-corrected chi connectivity index (χ4v) is 5.93. The summed E-state index contributed by atoms with van der Waals surface area (Å²) in [5, 5.41) is 12.0. The Morgan fingerprint density at radius 1 is 1.11 bits per heavy atom. The lowest BCUT2D eigenvalue weighted by Gasteiger charge is -2.29. The van der Waals surface area contributed by atoms with Gasteiger partial charge in [0.15, 0.2) is 6.10 Å². The van der Waals surface area contributed by atoms with E-state index in [2.05, 4.69) is 4.74 Å². The molecule has 3 heterocycles. The number of carbonyl (C=O) groups is 1. The van der Waals surface area contributed by atoms with Crippen molar-refractivity contribution in [3.05, 3.63) is 94.9 Å². The van der Waals surface area contributed by atoms with Gasteiger partial charge in [0.25, 0.3) is 0 Å². The van der Waals surface area contributed by atoms with E-state index in [-0.39, 0.29) is 24.7 Å². The summed E-state index contributed by atoms with van der Waals surface area (Å²) in [6.45, 7) is 7.86. The SMILES string of the molecule is Cc1cc2nc(OCC3=CC=C(OC(F)(F)F)CC=C3)ccc2c(-c2ccc3c4c(ccnc24)CCO3)c1C(OC(C)(C)C)C(=O)O. The molecule has 2 aromatic heterocycles. The summed E-state index contributed by atoms with van der Waals surface area (Å²) in [5.74, 6) is -0.340. The summed E-state index contributed by atoms with van der Waals surface area (Å²) in [6.07, 6.45) is 2.44. The lowest BCUT2D eigenvalue weighted by molar-refractivity contribution is -0.305. The molecule has 244 valence electrons. The van der Waals surface area contributed by atoms with Gasteiger partial charge in [0.2, 0.25) is 5.88 Å². The van der Waals surface area contributed by atoms with Gasteiger partial charge in [-0.05, 0) is 86.4 Å². The molecule has 1 unspecified atom stereocenters. The molecule has 0 bridgehead atoms. The Morgan fingerprint density at radius 2 is 1.91 bits per heavy atom. The first-order valence-electron chi connectivity index (χ1n) is 15.1. The number of allylic oxidation sites excluding steroid dienone is 3. The van der Waals surface area contributed by atoms with Crippen molar-refractivity contribution in [2.75, 3.05) is 13.2 Å². The number of carboxylic acid groups (broad SMARTS) is 1. The number of aromatic nitrogens is 2. The van der Waals surface area contributed by atoms with E-state index < -0.39 is 24.0 Å². The zero-order chi connectivity index (χ0) is 33.5. The Bertz CT molecular complexity index is 1960. The van der Waals surface area contributed by atoms with Crippen molar-refractivity contribution in [3.63, 3.8) is 0 Å². The Morgan fingerprint density at radius 3 is 2.66 bits per heavy atom. The van der Waals surface area contributed by atoms with Crippen LogP contribution in [0.4, 0.5) is 13.2 Å². The summed E-state index contributed by atoms with van der Waals surface area (Å²) in [4.78, 5) is 22.3. The van der Waals surface area contributed by atoms with Crippen LogP contribution in [0.1, 0.15) is 50.0 Å². The summed E-state index contributed by atoms with van der Waals surface area (Å²) in [6, 6.07) is 11.1. The number of aryl methyl sites for hydroxylation is 1. The first kappa shape index (κ1) is 32.1. The number of benzene rings is 2. The van der Waals surface area contributed by atoms with E-state index in [1.165, 1.54) is 12.2 Å². The number of hydrogen-bond donors (Lipinski definition) is 1. The lowest BCUT2D eigenvalue weighted by Crippen LogP contribution is -2.28. The average Bonchev–Trinajstić information content (AvgIpc) is 3.22. The van der Waals surface area contributed by atoms with Gasteiger partial charge in [-0.1, -0.05) is 18.2 Å². The summed E-state index contributed by atoms with van der Waals surface area (Å²) in [5.41, 5.74) is 4.70. The minimum atomic E-state index is -4.76. The number of carboxylic acids is 1. The van der Waals surface area contributed by atoms with Crippen molar-refractivity contribution >= 4 is 27.8 Å². The van der Waals surface area contributed by atoms with Gasteiger partial charge in [0, 0.05) is 47.0 Å². The lowest BCUT2D eigenvalue weighted by atomic mass is 9.86. The number of pyridine rings is 2. The van der Waals surface area contributed by atoms with Crippen molar-refractivity contribution in [2.24, 2.45) is 0 Å². The maximum atomic E-state index is 12.8. The average molecular weight is 647 g/mol. The van der Waals surface area contributed by atoms with Crippen molar-refractivity contribution in [1.82, 2.24) is 9.97 Å². The summed E-state index contributed by atoms with van der Waals surface area (Å²) >= 11 is 0. The van der Waals surface area contributed by atoms with Gasteiger partial charge in [-0.3, -0.25) is 4.98 Å². The van der Waals surface area contributed by atoms with Gasteiger partial charge in [-0.25, -0.2) is 9.78 Å². The molecular formula is C36H33F3N2O6. The Labute approximate surface area is 269 Å². The molecule has 0 fully saturated rings. The summed E-state index contributed by atoms with van der Waals surface area (Å²) < 4.78 is 60.1. The van der Waals surface area contributed by atoms with Crippen LogP contribution in [-0.2, 0) is 20.7 Å². The number of rotatable bonds is 8. The van der Waals surface area contributed by atoms with Gasteiger partial charge < -0.3 is 24.1 Å². The van der Waals surface area contributed by atoms with Crippen LogP contribution in [0.3, 0.4) is 0 Å². The number of hydrogen-bond acceptors (Lipinski definition) is 7. The highest BCUT2D eigenvalue weighted by Crippen LogP contribution is 2.45. The molecule has 1 aliphatic heterocycles. The number of aliphatic carboxylic acids is 1. The molecule has 0 saturated heterocycles. The molecule has 47 heavy (non-hydrogen) atoms. The maximum absolute atomic E-state index is 12.8. The van der Waals surface area contributed by atoms with Crippen molar-refractivity contribution in [1.29, 1.82) is 0 Å². The van der Waals surface area contributed by atoms with Crippen molar-refractivity contribution < 1.29 is 42.0 Å². The zero-order valence-electron chi connectivity index (χ0n) is 26.3. The molecule has 8 nitrogen and oxygen atoms in total. The number of nitrogens with zero attached hydrogens (tertiary/aromatic N) is 2. The van der Waals surface area contributed by atoms with Crippen molar-refractivity contribution in [2.45, 2.75) is 58.6 Å². The predicted octanol–water partition coefficient (Wildman–Crippen LogP) is 8.32. The minimum absolute atomic E-state index is 0.00742. The van der Waals surface area contributed by atoms with Gasteiger partial charge in [-0.2, -0.15) is 0 Å². The van der Waals surface area contributed by atoms with E-state index in [9.17, 15) is 23.1 Å². The van der Waals surface area contributed by atoms with E-state index in [0.717, 1.165) is 28.7 Å². The standard InChI is InChI=1S/C36H33F3N2O6/c1-20-18-26-24(11-13-28(41-26)45-19-21-6-5-7-23(9-8-21)46-36(37,38)39)31(29(20)33(34(42)43)47-35(2,3)4)25-10-12-27-30-22(15-17-44-27)14-16-40-32(25)30/h5-6,8-14,16,18,33H,7,15,17,19H2,1-4H3,(H,42,43). The van der Waals surface area contributed by atoms with Crippen LogP contribution in [-0.4, -0.2) is 46.2 Å². The third-order valence-corrected chi connectivity index (χ3v) is 7.78. The van der Waals surface area contributed by atoms with Crippen LogP contribution in [0.25, 0.3) is 32.9 Å². The molecule has 0 spiro atoms. The fourth-order valence-electron chi connectivity index (χ4n) is 5.93. The maximum Gasteiger partial charge on any atom is 0.572 e. The first-order chi connectivity index (χ1) is 22.3. The quantitative estimate of drug-likeness (QED) is 0.204. The van der Waals surface area contributed by atoms with Gasteiger partial charge in [0.1, 0.15) is 18.1 Å². The van der Waals surface area contributed by atoms with Gasteiger partial charge in [-0.15, -0.1) is 13.2 Å². The third-order valence-electron chi connectivity index (χ3n) is 7.78. The molecule has 2 aliphatic rings. The highest BCUT2D eigenvalue weighted by atomic mass is 19.4. The molecular weight excluding hydrogens is 613 g/mol. The molecule has 1 aliphatic carbocycles. The van der Waals surface area contributed by atoms with E-state index in [0.29, 0.717) is 45.3 Å². The van der Waals surface area contributed by atoms with E-state index >= 15 is 0 Å². The molecule has 0 saturated carbocycles. The molecule has 2 aromatic carbocycles. The molecule has 6 rings (SSSR count). The van der Waals surface area contributed by atoms with E-state index in [4.69, 9.17) is 24.2 Å². The van der Waals surface area contributed by atoms with Crippen LogP contribution in [0.5, 0.6) is 11.6 Å². The zero-order valence-corrected chi connectivity index (χ0v) is 26.3. The molecule has 4 aromatic rings. The van der Waals surface area contributed by atoms with E-state index in [1.807, 2.05) is 52.0 Å². The second-order valence-electron chi connectivity index (χ2n) is 12.4.